The molecule has 130 valence electrons. The molecule has 1 aliphatic heterocycles. The molecular formula is C18H20N4O2S. The average Bonchev–Trinajstić information content (AvgIpc) is 2.57. The van der Waals surface area contributed by atoms with Crippen molar-refractivity contribution in [2.75, 3.05) is 22.5 Å². The van der Waals surface area contributed by atoms with Gasteiger partial charge in [0.1, 0.15) is 18.2 Å². The third kappa shape index (κ3) is 3.99. The first-order valence-corrected chi connectivity index (χ1v) is 9.10. The van der Waals surface area contributed by atoms with Gasteiger partial charge < -0.3 is 10.2 Å². The third-order valence-electron chi connectivity index (χ3n) is 3.77. The van der Waals surface area contributed by atoms with E-state index in [1.165, 1.54) is 16.7 Å². The van der Waals surface area contributed by atoms with Crippen LogP contribution in [0.25, 0.3) is 0 Å². The molecule has 7 heteroatoms. The maximum Gasteiger partial charge on any atom is 0.245 e. The first-order valence-electron chi connectivity index (χ1n) is 8.11. The van der Waals surface area contributed by atoms with Gasteiger partial charge in [-0.05, 0) is 19.1 Å². The number of para-hydroxylation sites is 1. The van der Waals surface area contributed by atoms with Crippen LogP contribution >= 0.6 is 11.8 Å². The number of benzene rings is 1. The number of fused-ring (bicyclic) bond motifs is 1. The molecule has 0 saturated heterocycles. The van der Waals surface area contributed by atoms with Gasteiger partial charge in [-0.15, -0.1) is 11.8 Å². The molecule has 0 atom stereocenters. The Hall–Kier alpha value is -2.41. The van der Waals surface area contributed by atoms with Crippen molar-refractivity contribution in [3.8, 4) is 0 Å². The topological polar surface area (TPSA) is 75.2 Å². The smallest absolute Gasteiger partial charge is 0.245 e. The van der Waals surface area contributed by atoms with E-state index in [4.69, 9.17) is 0 Å². The van der Waals surface area contributed by atoms with Crippen LogP contribution in [0.15, 0.2) is 35.2 Å². The molecule has 0 fully saturated rings. The lowest BCUT2D eigenvalue weighted by Gasteiger charge is -2.28. The van der Waals surface area contributed by atoms with E-state index >= 15 is 0 Å². The Morgan fingerprint density at radius 1 is 1.32 bits per heavy atom. The SMILES string of the molecule is Cc1cc(NC(=O)CN2C(=O)CSc3ccccc32)nc(C(C)C)n1. The number of amides is 2. The summed E-state index contributed by atoms with van der Waals surface area (Å²) >= 11 is 1.50. The van der Waals surface area contributed by atoms with Gasteiger partial charge in [-0.3, -0.25) is 9.59 Å². The summed E-state index contributed by atoms with van der Waals surface area (Å²) in [5.74, 6) is 1.32. The summed E-state index contributed by atoms with van der Waals surface area (Å²) in [6.45, 7) is 5.84. The van der Waals surface area contributed by atoms with E-state index in [1.807, 2.05) is 45.0 Å². The zero-order chi connectivity index (χ0) is 18.0. The number of carbonyl (C=O) groups excluding carboxylic acids is 2. The highest BCUT2D eigenvalue weighted by Gasteiger charge is 2.26. The number of nitrogens with one attached hydrogen (secondary N) is 1. The van der Waals surface area contributed by atoms with E-state index in [1.54, 1.807) is 6.07 Å². The number of rotatable bonds is 4. The van der Waals surface area contributed by atoms with Gasteiger partial charge in [0, 0.05) is 22.6 Å². The molecule has 25 heavy (non-hydrogen) atoms. The van der Waals surface area contributed by atoms with E-state index in [0.717, 1.165) is 16.3 Å². The molecule has 0 spiro atoms. The number of thioether (sulfide) groups is 1. The van der Waals surface area contributed by atoms with E-state index in [-0.39, 0.29) is 24.3 Å². The summed E-state index contributed by atoms with van der Waals surface area (Å²) in [4.78, 5) is 36.0. The van der Waals surface area contributed by atoms with Crippen LogP contribution in [0.4, 0.5) is 11.5 Å². The third-order valence-corrected chi connectivity index (χ3v) is 4.81. The van der Waals surface area contributed by atoms with Crippen LogP contribution in [0.2, 0.25) is 0 Å². The Labute approximate surface area is 151 Å². The fraction of sp³-hybridized carbons (Fsp3) is 0.333. The fourth-order valence-corrected chi connectivity index (χ4v) is 3.50. The zero-order valence-corrected chi connectivity index (χ0v) is 15.3. The molecule has 0 unspecified atom stereocenters. The van der Waals surface area contributed by atoms with Gasteiger partial charge >= 0.3 is 0 Å². The van der Waals surface area contributed by atoms with Crippen molar-refractivity contribution in [1.82, 2.24) is 9.97 Å². The van der Waals surface area contributed by atoms with E-state index < -0.39 is 0 Å². The minimum Gasteiger partial charge on any atom is -0.309 e. The Balaban J connectivity index is 1.76. The lowest BCUT2D eigenvalue weighted by Crippen LogP contribution is -2.41. The second-order valence-corrected chi connectivity index (χ2v) is 7.21. The van der Waals surface area contributed by atoms with Gasteiger partial charge in [0.05, 0.1) is 11.4 Å². The minimum absolute atomic E-state index is 0.0313. The lowest BCUT2D eigenvalue weighted by molar-refractivity contribution is -0.120. The molecule has 3 rings (SSSR count). The number of aromatic nitrogens is 2. The van der Waals surface area contributed by atoms with Gasteiger partial charge in [0.25, 0.3) is 0 Å². The van der Waals surface area contributed by atoms with Crippen LogP contribution in [0.1, 0.15) is 31.3 Å². The lowest BCUT2D eigenvalue weighted by atomic mass is 10.2. The Morgan fingerprint density at radius 2 is 2.08 bits per heavy atom. The molecule has 1 aromatic carbocycles. The number of aryl methyl sites for hydroxylation is 1. The van der Waals surface area contributed by atoms with E-state index in [0.29, 0.717) is 17.4 Å². The maximum absolute atomic E-state index is 12.5. The predicted octanol–water partition coefficient (Wildman–Crippen LogP) is 2.99. The van der Waals surface area contributed by atoms with Crippen LogP contribution in [0.5, 0.6) is 0 Å². The highest BCUT2D eigenvalue weighted by atomic mass is 32.2. The van der Waals surface area contributed by atoms with Gasteiger partial charge in [0.2, 0.25) is 11.8 Å². The van der Waals surface area contributed by atoms with Gasteiger partial charge in [-0.2, -0.15) is 0 Å². The second kappa shape index (κ2) is 7.23. The largest absolute Gasteiger partial charge is 0.309 e. The van der Waals surface area contributed by atoms with Crippen molar-refractivity contribution in [2.45, 2.75) is 31.6 Å². The van der Waals surface area contributed by atoms with Crippen LogP contribution in [-0.4, -0.2) is 34.1 Å². The summed E-state index contributed by atoms with van der Waals surface area (Å²) in [7, 11) is 0. The molecule has 1 aromatic heterocycles. The van der Waals surface area contributed by atoms with Gasteiger partial charge in [-0.1, -0.05) is 26.0 Å². The molecule has 0 bridgehead atoms. The molecule has 6 nitrogen and oxygen atoms in total. The molecule has 2 amide bonds. The normalized spacial score (nSPS) is 13.8. The van der Waals surface area contributed by atoms with Gasteiger partial charge in [0.15, 0.2) is 0 Å². The number of nitrogens with zero attached hydrogens (tertiary/aromatic N) is 3. The zero-order valence-electron chi connectivity index (χ0n) is 14.4. The minimum atomic E-state index is -0.275. The first kappa shape index (κ1) is 17.4. The van der Waals surface area contributed by atoms with Gasteiger partial charge in [-0.25, -0.2) is 9.97 Å². The van der Waals surface area contributed by atoms with E-state index in [9.17, 15) is 9.59 Å². The molecule has 0 saturated carbocycles. The van der Waals surface area contributed by atoms with Crippen LogP contribution in [0, 0.1) is 6.92 Å². The molecular weight excluding hydrogens is 336 g/mol. The fourth-order valence-electron chi connectivity index (χ4n) is 2.57. The average molecular weight is 356 g/mol. The van der Waals surface area contributed by atoms with Crippen LogP contribution in [-0.2, 0) is 9.59 Å². The molecule has 1 aliphatic rings. The van der Waals surface area contributed by atoms with Crippen LogP contribution < -0.4 is 10.2 Å². The summed E-state index contributed by atoms with van der Waals surface area (Å²) in [6.07, 6.45) is 0. The van der Waals surface area contributed by atoms with Crippen LogP contribution in [0.3, 0.4) is 0 Å². The van der Waals surface area contributed by atoms with Crippen molar-refractivity contribution < 1.29 is 9.59 Å². The highest BCUT2D eigenvalue weighted by molar-refractivity contribution is 8.00. The number of anilines is 2. The summed E-state index contributed by atoms with van der Waals surface area (Å²) in [5, 5.41) is 2.79. The summed E-state index contributed by atoms with van der Waals surface area (Å²) in [6, 6.07) is 9.34. The van der Waals surface area contributed by atoms with Crippen molar-refractivity contribution in [3.63, 3.8) is 0 Å². The van der Waals surface area contributed by atoms with Crippen molar-refractivity contribution in [2.24, 2.45) is 0 Å². The van der Waals surface area contributed by atoms with Crippen molar-refractivity contribution >= 4 is 35.1 Å². The number of hydrogen-bond acceptors (Lipinski definition) is 5. The molecule has 1 N–H and O–H groups in total. The molecule has 0 aliphatic carbocycles. The standard InChI is InChI=1S/C18H20N4O2S/c1-11(2)18-19-12(3)8-15(21-18)20-16(23)9-22-13-6-4-5-7-14(13)25-10-17(22)24/h4-8,11H,9-10H2,1-3H3,(H,19,20,21,23). The Bertz CT molecular complexity index is 822. The maximum atomic E-state index is 12.5. The Kier molecular flexibility index (Phi) is 5.03. The molecule has 2 aromatic rings. The number of carbonyl (C=O) groups is 2. The first-order chi connectivity index (χ1) is 11.9. The Morgan fingerprint density at radius 3 is 2.84 bits per heavy atom. The monoisotopic (exact) mass is 356 g/mol. The number of hydrogen-bond donors (Lipinski definition) is 1. The van der Waals surface area contributed by atoms with Crippen molar-refractivity contribution in [1.29, 1.82) is 0 Å². The van der Waals surface area contributed by atoms with Crippen molar-refractivity contribution in [3.05, 3.63) is 41.9 Å². The predicted molar refractivity (Wildman–Crippen MR) is 99.0 cm³/mol. The highest BCUT2D eigenvalue weighted by Crippen LogP contribution is 2.34. The quantitative estimate of drug-likeness (QED) is 0.911. The molecule has 2 heterocycles. The summed E-state index contributed by atoms with van der Waals surface area (Å²) < 4.78 is 0. The summed E-state index contributed by atoms with van der Waals surface area (Å²) in [5.41, 5.74) is 1.57. The van der Waals surface area contributed by atoms with E-state index in [2.05, 4.69) is 15.3 Å². The molecule has 0 radical (unpaired) electrons. The second-order valence-electron chi connectivity index (χ2n) is 6.19.